The topological polar surface area (TPSA) is 80.3 Å². The summed E-state index contributed by atoms with van der Waals surface area (Å²) in [4.78, 5) is 2.16. The van der Waals surface area contributed by atoms with Crippen LogP contribution in [0.15, 0.2) is 35.5 Å². The molecule has 1 aromatic rings. The minimum absolute atomic E-state index is 0.233. The highest BCUT2D eigenvalue weighted by Crippen LogP contribution is 2.13. The third-order valence-electron chi connectivity index (χ3n) is 3.03. The normalized spacial score (nSPS) is 11.6. The molecule has 0 saturated carbocycles. The Balaban J connectivity index is 2.41. The summed E-state index contributed by atoms with van der Waals surface area (Å²) < 4.78 is 10.6. The number of hydrogen-bond acceptors (Lipinski definition) is 5. The summed E-state index contributed by atoms with van der Waals surface area (Å²) in [6, 6.07) is 10.0. The zero-order chi connectivity index (χ0) is 15.3. The molecule has 118 valence electrons. The number of para-hydroxylation sites is 1. The molecule has 21 heavy (non-hydrogen) atoms. The van der Waals surface area contributed by atoms with Gasteiger partial charge in [-0.2, -0.15) is 0 Å². The highest BCUT2D eigenvalue weighted by Gasteiger charge is 2.07. The molecule has 0 amide bonds. The second kappa shape index (κ2) is 10.9. The fraction of sp³-hybridized carbons (Fsp3) is 0.533. The summed E-state index contributed by atoms with van der Waals surface area (Å²) in [6.07, 6.45) is 1.40. The molecule has 0 atom stereocenters. The summed E-state index contributed by atoms with van der Waals surface area (Å²) in [5.74, 6) is 0.233. The molecule has 3 N–H and O–H groups in total. The smallest absolute Gasteiger partial charge is 0.140 e. The standard InChI is InChI=1S/C15H25N3O3/c1-20-11-5-12-21-13-10-18(9-8-15(16)17-19)14-6-3-2-4-7-14/h2-4,6-7,19H,5,8-13H2,1H3,(H2,16,17). The van der Waals surface area contributed by atoms with Crippen LogP contribution in [0, 0.1) is 0 Å². The molecule has 0 heterocycles. The lowest BCUT2D eigenvalue weighted by molar-refractivity contribution is 0.107. The first kappa shape index (κ1) is 17.3. The van der Waals surface area contributed by atoms with Gasteiger partial charge in [0.1, 0.15) is 5.84 Å². The predicted octanol–water partition coefficient (Wildman–Crippen LogP) is 1.68. The van der Waals surface area contributed by atoms with Crippen LogP contribution < -0.4 is 10.6 Å². The molecular weight excluding hydrogens is 270 g/mol. The molecule has 1 aromatic carbocycles. The van der Waals surface area contributed by atoms with Crippen LogP contribution in [-0.4, -0.2) is 51.1 Å². The molecule has 6 nitrogen and oxygen atoms in total. The van der Waals surface area contributed by atoms with E-state index in [9.17, 15) is 0 Å². The lowest BCUT2D eigenvalue weighted by Gasteiger charge is -2.24. The van der Waals surface area contributed by atoms with Crippen molar-refractivity contribution in [2.75, 3.05) is 44.9 Å². The Hall–Kier alpha value is -1.79. The van der Waals surface area contributed by atoms with Gasteiger partial charge in [0, 0.05) is 45.5 Å². The summed E-state index contributed by atoms with van der Waals surface area (Å²) in [7, 11) is 1.68. The maximum absolute atomic E-state index is 8.62. The van der Waals surface area contributed by atoms with Crippen molar-refractivity contribution >= 4 is 11.5 Å². The fourth-order valence-corrected chi connectivity index (χ4v) is 1.89. The maximum atomic E-state index is 8.62. The van der Waals surface area contributed by atoms with Gasteiger partial charge in [-0.3, -0.25) is 0 Å². The number of rotatable bonds is 11. The van der Waals surface area contributed by atoms with Gasteiger partial charge in [0.15, 0.2) is 0 Å². The number of hydrogen-bond donors (Lipinski definition) is 2. The van der Waals surface area contributed by atoms with E-state index in [4.69, 9.17) is 20.4 Å². The molecule has 0 aliphatic rings. The average molecular weight is 295 g/mol. The zero-order valence-electron chi connectivity index (χ0n) is 12.6. The van der Waals surface area contributed by atoms with Crippen LogP contribution in [0.25, 0.3) is 0 Å². The molecule has 0 saturated heterocycles. The maximum Gasteiger partial charge on any atom is 0.140 e. The van der Waals surface area contributed by atoms with E-state index in [0.29, 0.717) is 32.8 Å². The largest absolute Gasteiger partial charge is 0.409 e. The molecule has 0 radical (unpaired) electrons. The SMILES string of the molecule is COCCCOCCN(CC/C(N)=N/O)c1ccccc1. The van der Waals surface area contributed by atoms with E-state index in [-0.39, 0.29) is 5.84 Å². The lowest BCUT2D eigenvalue weighted by atomic mass is 10.2. The van der Waals surface area contributed by atoms with Crippen molar-refractivity contribution in [3.8, 4) is 0 Å². The van der Waals surface area contributed by atoms with Crippen molar-refractivity contribution < 1.29 is 14.7 Å². The van der Waals surface area contributed by atoms with E-state index in [0.717, 1.165) is 18.7 Å². The van der Waals surface area contributed by atoms with Crippen LogP contribution in [0.4, 0.5) is 5.69 Å². The van der Waals surface area contributed by atoms with Crippen LogP contribution in [-0.2, 0) is 9.47 Å². The van der Waals surface area contributed by atoms with E-state index >= 15 is 0 Å². The number of nitrogens with zero attached hydrogens (tertiary/aromatic N) is 2. The van der Waals surface area contributed by atoms with Crippen molar-refractivity contribution in [3.05, 3.63) is 30.3 Å². The Bertz CT molecular complexity index is 398. The van der Waals surface area contributed by atoms with Crippen molar-refractivity contribution in [2.24, 2.45) is 10.9 Å². The average Bonchev–Trinajstić information content (AvgIpc) is 2.54. The van der Waals surface area contributed by atoms with Gasteiger partial charge in [-0.25, -0.2) is 0 Å². The highest BCUT2D eigenvalue weighted by atomic mass is 16.5. The number of benzene rings is 1. The first-order valence-electron chi connectivity index (χ1n) is 7.11. The molecule has 0 aromatic heterocycles. The number of nitrogens with two attached hydrogens (primary N) is 1. The van der Waals surface area contributed by atoms with Crippen LogP contribution in [0.5, 0.6) is 0 Å². The molecule has 0 unspecified atom stereocenters. The Morgan fingerprint density at radius 3 is 2.62 bits per heavy atom. The van der Waals surface area contributed by atoms with Gasteiger partial charge in [0.2, 0.25) is 0 Å². The van der Waals surface area contributed by atoms with Crippen molar-refractivity contribution in [1.29, 1.82) is 0 Å². The van der Waals surface area contributed by atoms with Gasteiger partial charge < -0.3 is 25.3 Å². The summed E-state index contributed by atoms with van der Waals surface area (Å²) in [5.41, 5.74) is 6.64. The molecule has 0 aliphatic heterocycles. The van der Waals surface area contributed by atoms with E-state index in [1.54, 1.807) is 7.11 Å². The first-order chi connectivity index (χ1) is 10.3. The molecule has 6 heteroatoms. The van der Waals surface area contributed by atoms with Gasteiger partial charge >= 0.3 is 0 Å². The van der Waals surface area contributed by atoms with Crippen molar-refractivity contribution in [3.63, 3.8) is 0 Å². The van der Waals surface area contributed by atoms with Crippen LogP contribution in [0.3, 0.4) is 0 Å². The zero-order valence-corrected chi connectivity index (χ0v) is 12.6. The first-order valence-corrected chi connectivity index (χ1v) is 7.11. The minimum Gasteiger partial charge on any atom is -0.409 e. The third kappa shape index (κ3) is 7.53. The van der Waals surface area contributed by atoms with Gasteiger partial charge in [-0.15, -0.1) is 0 Å². The number of ether oxygens (including phenoxy) is 2. The monoisotopic (exact) mass is 295 g/mol. The van der Waals surface area contributed by atoms with Crippen molar-refractivity contribution in [2.45, 2.75) is 12.8 Å². The van der Waals surface area contributed by atoms with Crippen LogP contribution >= 0.6 is 0 Å². The Morgan fingerprint density at radius 1 is 1.19 bits per heavy atom. The minimum atomic E-state index is 0.233. The van der Waals surface area contributed by atoms with Gasteiger partial charge in [0.05, 0.1) is 6.61 Å². The second-order valence-electron chi connectivity index (χ2n) is 4.62. The lowest BCUT2D eigenvalue weighted by Crippen LogP contribution is -2.31. The van der Waals surface area contributed by atoms with E-state index in [1.807, 2.05) is 30.3 Å². The van der Waals surface area contributed by atoms with Crippen LogP contribution in [0.2, 0.25) is 0 Å². The van der Waals surface area contributed by atoms with Crippen LogP contribution in [0.1, 0.15) is 12.8 Å². The quantitative estimate of drug-likeness (QED) is 0.213. The molecule has 0 spiro atoms. The second-order valence-corrected chi connectivity index (χ2v) is 4.62. The summed E-state index contributed by atoms with van der Waals surface area (Å²) >= 11 is 0. The summed E-state index contributed by atoms with van der Waals surface area (Å²) in [6.45, 7) is 3.48. The molecule has 0 fully saturated rings. The van der Waals surface area contributed by atoms with E-state index in [2.05, 4.69) is 10.1 Å². The number of methoxy groups -OCH3 is 1. The van der Waals surface area contributed by atoms with E-state index in [1.165, 1.54) is 0 Å². The summed E-state index contributed by atoms with van der Waals surface area (Å²) in [5, 5.41) is 11.6. The fourth-order valence-electron chi connectivity index (χ4n) is 1.89. The Labute approximate surface area is 126 Å². The third-order valence-corrected chi connectivity index (χ3v) is 3.03. The Kier molecular flexibility index (Phi) is 8.99. The molecule has 0 aliphatic carbocycles. The van der Waals surface area contributed by atoms with Gasteiger partial charge in [-0.1, -0.05) is 23.4 Å². The van der Waals surface area contributed by atoms with Gasteiger partial charge in [-0.05, 0) is 18.6 Å². The molecule has 1 rings (SSSR count). The van der Waals surface area contributed by atoms with E-state index < -0.39 is 0 Å². The molecule has 0 bridgehead atoms. The Morgan fingerprint density at radius 2 is 1.95 bits per heavy atom. The number of amidine groups is 1. The number of oxime groups is 1. The van der Waals surface area contributed by atoms with Gasteiger partial charge in [0.25, 0.3) is 0 Å². The highest BCUT2D eigenvalue weighted by molar-refractivity contribution is 5.80. The predicted molar refractivity (Wildman–Crippen MR) is 84.0 cm³/mol. The molecular formula is C15H25N3O3. The number of anilines is 1. The van der Waals surface area contributed by atoms with Crippen molar-refractivity contribution in [1.82, 2.24) is 0 Å².